The largest absolute Gasteiger partial charge is 0.323 e. The highest BCUT2D eigenvalue weighted by molar-refractivity contribution is 5.22. The monoisotopic (exact) mass is 283 g/mol. The summed E-state index contributed by atoms with van der Waals surface area (Å²) in [6.45, 7) is 4.61. The van der Waals surface area contributed by atoms with E-state index in [1.807, 2.05) is 0 Å². The van der Waals surface area contributed by atoms with Crippen LogP contribution in [0.4, 0.5) is 8.78 Å². The van der Waals surface area contributed by atoms with Crippen LogP contribution in [0, 0.1) is 17.6 Å². The Labute approximate surface area is 119 Å². The Morgan fingerprint density at radius 1 is 1.35 bits per heavy atom. The van der Waals surface area contributed by atoms with Crippen LogP contribution in [0.25, 0.3) is 0 Å². The zero-order valence-electron chi connectivity index (χ0n) is 12.3. The normalized spacial score (nSPS) is 25.4. The van der Waals surface area contributed by atoms with Crippen LogP contribution in [0.15, 0.2) is 18.2 Å². The van der Waals surface area contributed by atoms with E-state index in [0.29, 0.717) is 18.5 Å². The Balaban J connectivity index is 2.02. The molecule has 2 rings (SSSR count). The predicted molar refractivity (Wildman–Crippen MR) is 76.4 cm³/mol. The first kappa shape index (κ1) is 15.4. The zero-order valence-corrected chi connectivity index (χ0v) is 12.3. The first-order valence-corrected chi connectivity index (χ1v) is 6.98. The van der Waals surface area contributed by atoms with E-state index in [2.05, 4.69) is 30.8 Å². The number of rotatable bonds is 4. The first-order chi connectivity index (χ1) is 9.40. The van der Waals surface area contributed by atoms with Gasteiger partial charge in [0.25, 0.3) is 0 Å². The molecular formula is C15H23F2N3. The summed E-state index contributed by atoms with van der Waals surface area (Å²) in [5.41, 5.74) is 6.31. The highest BCUT2D eigenvalue weighted by atomic mass is 19.2. The molecule has 3 unspecified atom stereocenters. The third-order valence-electron chi connectivity index (χ3n) is 4.15. The van der Waals surface area contributed by atoms with Crippen molar-refractivity contribution in [1.29, 1.82) is 0 Å². The lowest BCUT2D eigenvalue weighted by molar-refractivity contribution is 0.248. The molecule has 1 aromatic rings. The van der Waals surface area contributed by atoms with Crippen LogP contribution in [0.1, 0.15) is 18.5 Å². The van der Waals surface area contributed by atoms with Gasteiger partial charge in [-0.05, 0) is 26.1 Å². The lowest BCUT2D eigenvalue weighted by Crippen LogP contribution is -2.36. The molecular weight excluding hydrogens is 260 g/mol. The van der Waals surface area contributed by atoms with Crippen LogP contribution in [-0.2, 0) is 0 Å². The fourth-order valence-corrected chi connectivity index (χ4v) is 3.05. The van der Waals surface area contributed by atoms with E-state index in [4.69, 9.17) is 5.73 Å². The van der Waals surface area contributed by atoms with Gasteiger partial charge in [0, 0.05) is 37.3 Å². The number of halogens is 2. The van der Waals surface area contributed by atoms with Gasteiger partial charge in [0.15, 0.2) is 11.6 Å². The SMILES string of the molecule is CC1CN(CC(N)c2cccc(F)c2F)CC1N(C)C. The van der Waals surface area contributed by atoms with Gasteiger partial charge in [0.2, 0.25) is 0 Å². The van der Waals surface area contributed by atoms with Gasteiger partial charge >= 0.3 is 0 Å². The molecule has 0 spiro atoms. The van der Waals surface area contributed by atoms with Crippen molar-refractivity contribution < 1.29 is 8.78 Å². The van der Waals surface area contributed by atoms with E-state index in [1.54, 1.807) is 6.07 Å². The Morgan fingerprint density at radius 2 is 2.05 bits per heavy atom. The van der Waals surface area contributed by atoms with Crippen LogP contribution in [0.5, 0.6) is 0 Å². The van der Waals surface area contributed by atoms with Crippen molar-refractivity contribution in [2.24, 2.45) is 11.7 Å². The average Bonchev–Trinajstić information content (AvgIpc) is 2.73. The number of likely N-dealkylation sites (N-methyl/N-ethyl adjacent to an activating group) is 1. The van der Waals surface area contributed by atoms with E-state index in [9.17, 15) is 8.78 Å². The second-order valence-corrected chi connectivity index (χ2v) is 5.98. The van der Waals surface area contributed by atoms with Gasteiger partial charge in [-0.1, -0.05) is 19.1 Å². The van der Waals surface area contributed by atoms with Crippen molar-refractivity contribution in [3.05, 3.63) is 35.4 Å². The van der Waals surface area contributed by atoms with Gasteiger partial charge in [-0.3, -0.25) is 4.90 Å². The van der Waals surface area contributed by atoms with Crippen molar-refractivity contribution >= 4 is 0 Å². The van der Waals surface area contributed by atoms with Gasteiger partial charge in [-0.2, -0.15) is 0 Å². The number of likely N-dealkylation sites (tertiary alicyclic amines) is 1. The summed E-state index contributed by atoms with van der Waals surface area (Å²) in [6, 6.07) is 4.17. The molecule has 112 valence electrons. The molecule has 3 nitrogen and oxygen atoms in total. The van der Waals surface area contributed by atoms with Gasteiger partial charge in [-0.15, -0.1) is 0 Å². The molecule has 2 N–H and O–H groups in total. The zero-order chi connectivity index (χ0) is 14.9. The van der Waals surface area contributed by atoms with E-state index >= 15 is 0 Å². The van der Waals surface area contributed by atoms with Gasteiger partial charge in [0.05, 0.1) is 0 Å². The van der Waals surface area contributed by atoms with E-state index in [0.717, 1.165) is 19.2 Å². The molecule has 0 saturated carbocycles. The highest BCUT2D eigenvalue weighted by Crippen LogP contribution is 2.24. The van der Waals surface area contributed by atoms with Crippen LogP contribution >= 0.6 is 0 Å². The van der Waals surface area contributed by atoms with Gasteiger partial charge < -0.3 is 10.6 Å². The Hall–Kier alpha value is -1.04. The average molecular weight is 283 g/mol. The molecule has 0 amide bonds. The summed E-state index contributed by atoms with van der Waals surface area (Å²) in [5, 5.41) is 0. The van der Waals surface area contributed by atoms with E-state index in [-0.39, 0.29) is 5.56 Å². The maximum absolute atomic E-state index is 13.7. The Morgan fingerprint density at radius 3 is 2.65 bits per heavy atom. The summed E-state index contributed by atoms with van der Waals surface area (Å²) in [6.07, 6.45) is 0. The number of hydrogen-bond donors (Lipinski definition) is 1. The van der Waals surface area contributed by atoms with Gasteiger partial charge in [-0.25, -0.2) is 8.78 Å². The summed E-state index contributed by atoms with van der Waals surface area (Å²) in [4.78, 5) is 4.43. The number of benzene rings is 1. The fourth-order valence-electron chi connectivity index (χ4n) is 3.05. The predicted octanol–water partition coefficient (Wildman–Crippen LogP) is 1.85. The third kappa shape index (κ3) is 3.16. The first-order valence-electron chi connectivity index (χ1n) is 6.98. The van der Waals surface area contributed by atoms with Gasteiger partial charge in [0.1, 0.15) is 0 Å². The Bertz CT molecular complexity index is 464. The molecule has 0 aromatic heterocycles. The van der Waals surface area contributed by atoms with Crippen LogP contribution in [-0.4, -0.2) is 49.6 Å². The molecule has 0 aliphatic carbocycles. The quantitative estimate of drug-likeness (QED) is 0.915. The molecule has 1 aliphatic heterocycles. The third-order valence-corrected chi connectivity index (χ3v) is 4.15. The highest BCUT2D eigenvalue weighted by Gasteiger charge is 2.32. The molecule has 1 fully saturated rings. The van der Waals surface area contributed by atoms with Crippen molar-refractivity contribution in [2.45, 2.75) is 19.0 Å². The molecule has 0 radical (unpaired) electrons. The maximum atomic E-state index is 13.7. The summed E-state index contributed by atoms with van der Waals surface area (Å²) in [7, 11) is 4.13. The second-order valence-electron chi connectivity index (χ2n) is 5.98. The summed E-state index contributed by atoms with van der Waals surface area (Å²) in [5.74, 6) is -1.11. The minimum absolute atomic E-state index is 0.256. The summed E-state index contributed by atoms with van der Waals surface area (Å²) < 4.78 is 27.0. The topological polar surface area (TPSA) is 32.5 Å². The molecule has 1 saturated heterocycles. The van der Waals surface area contributed by atoms with Crippen LogP contribution < -0.4 is 5.73 Å². The van der Waals surface area contributed by atoms with Crippen LogP contribution in [0.2, 0.25) is 0 Å². The molecule has 1 aliphatic rings. The molecule has 20 heavy (non-hydrogen) atoms. The van der Waals surface area contributed by atoms with Crippen molar-refractivity contribution in [3.8, 4) is 0 Å². The molecule has 3 atom stereocenters. The van der Waals surface area contributed by atoms with E-state index in [1.165, 1.54) is 6.07 Å². The van der Waals surface area contributed by atoms with Crippen LogP contribution in [0.3, 0.4) is 0 Å². The molecule has 0 bridgehead atoms. The second kappa shape index (κ2) is 6.16. The van der Waals surface area contributed by atoms with Crippen molar-refractivity contribution in [2.75, 3.05) is 33.7 Å². The number of nitrogens with two attached hydrogens (primary N) is 1. The lowest BCUT2D eigenvalue weighted by Gasteiger charge is -2.24. The smallest absolute Gasteiger partial charge is 0.163 e. The minimum Gasteiger partial charge on any atom is -0.323 e. The molecule has 1 aromatic carbocycles. The fraction of sp³-hybridized carbons (Fsp3) is 0.600. The molecule has 1 heterocycles. The van der Waals surface area contributed by atoms with E-state index < -0.39 is 17.7 Å². The summed E-state index contributed by atoms with van der Waals surface area (Å²) >= 11 is 0. The minimum atomic E-state index is -0.834. The van der Waals surface area contributed by atoms with Crippen molar-refractivity contribution in [3.63, 3.8) is 0 Å². The van der Waals surface area contributed by atoms with Crippen molar-refractivity contribution in [1.82, 2.24) is 9.80 Å². The molecule has 5 heteroatoms. The number of nitrogens with zero attached hydrogens (tertiary/aromatic N) is 2. The Kier molecular flexibility index (Phi) is 4.73. The standard InChI is InChI=1S/C15H23F2N3/c1-10-7-20(9-14(10)19(2)3)8-13(18)11-5-4-6-12(16)15(11)17/h4-6,10,13-14H,7-9,18H2,1-3H3. The lowest BCUT2D eigenvalue weighted by atomic mass is 10.1. The maximum Gasteiger partial charge on any atom is 0.163 e. The number of hydrogen-bond acceptors (Lipinski definition) is 3.